The second-order valence-electron chi connectivity index (χ2n) is 11.4. The number of nitrogen functional groups attached to an aromatic ring is 1. The van der Waals surface area contributed by atoms with Crippen LogP contribution in [0.5, 0.6) is 5.75 Å². The third-order valence-electron chi connectivity index (χ3n) is 9.68. The number of benzene rings is 1. The number of Topliss-reactive ketones (excluding diaryl/α,β-unsaturated/α-hetero) is 1. The average Bonchev–Trinajstić information content (AvgIpc) is 3.05. The van der Waals surface area contributed by atoms with Crippen LogP contribution in [0.2, 0.25) is 0 Å². The van der Waals surface area contributed by atoms with Gasteiger partial charge in [0, 0.05) is 22.4 Å². The summed E-state index contributed by atoms with van der Waals surface area (Å²) in [5, 5.41) is 23.3. The molecule has 0 heterocycles. The zero-order valence-corrected chi connectivity index (χ0v) is 20.2. The number of aliphatic hydroxyl groups is 2. The van der Waals surface area contributed by atoms with Crippen LogP contribution in [0.25, 0.3) is 0 Å². The molecule has 3 fully saturated rings. The van der Waals surface area contributed by atoms with Crippen LogP contribution >= 0.6 is 0 Å². The van der Waals surface area contributed by atoms with Crippen molar-refractivity contribution >= 4 is 17.3 Å². The number of ether oxygens (including phenoxy) is 1. The predicted molar refractivity (Wildman–Crippen MR) is 129 cm³/mol. The lowest BCUT2D eigenvalue weighted by Crippen LogP contribution is -2.62. The van der Waals surface area contributed by atoms with Gasteiger partial charge in [-0.2, -0.15) is 0 Å². The van der Waals surface area contributed by atoms with Crippen molar-refractivity contribution in [2.45, 2.75) is 58.2 Å². The Kier molecular flexibility index (Phi) is 5.34. The van der Waals surface area contributed by atoms with Crippen LogP contribution in [0.1, 0.15) is 46.5 Å². The first kappa shape index (κ1) is 23.3. The first-order valence-corrected chi connectivity index (χ1v) is 12.4. The quantitative estimate of drug-likeness (QED) is 0.588. The summed E-state index contributed by atoms with van der Waals surface area (Å²) in [4.78, 5) is 25.5. The molecule has 34 heavy (non-hydrogen) atoms. The molecule has 0 bridgehead atoms. The fourth-order valence-corrected chi connectivity index (χ4v) is 8.04. The fraction of sp³-hybridized carbons (Fsp3) is 0.571. The van der Waals surface area contributed by atoms with Crippen molar-refractivity contribution in [1.82, 2.24) is 0 Å². The lowest BCUT2D eigenvalue weighted by Gasteiger charge is -2.60. The Bertz CT molecular complexity index is 1080. The van der Waals surface area contributed by atoms with E-state index in [1.165, 1.54) is 0 Å². The van der Waals surface area contributed by atoms with Crippen molar-refractivity contribution in [3.63, 3.8) is 0 Å². The lowest BCUT2D eigenvalue weighted by atomic mass is 9.45. The minimum atomic E-state index is -1.55. The van der Waals surface area contributed by atoms with E-state index in [0.29, 0.717) is 24.3 Å². The van der Waals surface area contributed by atoms with Gasteiger partial charge in [-0.3, -0.25) is 9.59 Å². The van der Waals surface area contributed by atoms with E-state index in [2.05, 4.69) is 13.8 Å². The SMILES string of the molecule is C[C@H]1C[C@@H]2[C@H]([C@@H](O)C[C@@]3(C)[C@H]2CC[C@]3(O)C(=O)COc2ccc(N)cc2)[C@@]2(C)C=CC(=O)C=C12. The van der Waals surface area contributed by atoms with E-state index in [-0.39, 0.29) is 47.3 Å². The van der Waals surface area contributed by atoms with Gasteiger partial charge in [-0.1, -0.05) is 32.4 Å². The maximum Gasteiger partial charge on any atom is 0.202 e. The smallest absolute Gasteiger partial charge is 0.202 e. The van der Waals surface area contributed by atoms with Gasteiger partial charge < -0.3 is 20.7 Å². The third kappa shape index (κ3) is 3.22. The summed E-state index contributed by atoms with van der Waals surface area (Å²) in [5.74, 6) is 0.630. The number of anilines is 1. The molecule has 8 atom stereocenters. The molecule has 0 saturated heterocycles. The summed E-state index contributed by atoms with van der Waals surface area (Å²) < 4.78 is 5.70. The second-order valence-corrected chi connectivity index (χ2v) is 11.4. The standard InChI is InChI=1S/C28H35NO5/c1-16-12-20-21-9-11-28(33,24(32)15-34-19-6-4-17(29)5-7-19)27(21,3)14-23(31)25(20)26(2)10-8-18(30)13-22(16)26/h4-8,10,13,16,20-21,23,25,31,33H,9,11-12,14-15,29H2,1-3H3/t16-,20-,21-,23-,25+,26-,27-,28-/m0/s1. The Morgan fingerprint density at radius 3 is 2.65 bits per heavy atom. The van der Waals surface area contributed by atoms with Crippen LogP contribution in [-0.2, 0) is 9.59 Å². The highest BCUT2D eigenvalue weighted by atomic mass is 16.5. The molecule has 0 spiro atoms. The third-order valence-corrected chi connectivity index (χ3v) is 9.68. The molecule has 1 aromatic carbocycles. The Labute approximate surface area is 200 Å². The van der Waals surface area contributed by atoms with E-state index in [4.69, 9.17) is 10.5 Å². The molecule has 4 N–H and O–H groups in total. The highest BCUT2D eigenvalue weighted by molar-refractivity contribution is 6.01. The molecule has 6 heteroatoms. The van der Waals surface area contributed by atoms with Gasteiger partial charge in [0.05, 0.1) is 6.10 Å². The minimum Gasteiger partial charge on any atom is -0.486 e. The number of aliphatic hydroxyl groups excluding tert-OH is 1. The van der Waals surface area contributed by atoms with Gasteiger partial charge in [-0.15, -0.1) is 0 Å². The van der Waals surface area contributed by atoms with E-state index in [1.54, 1.807) is 36.4 Å². The number of nitrogens with two attached hydrogens (primary N) is 1. The molecular formula is C28H35NO5. The Hall–Kier alpha value is -2.44. The lowest BCUT2D eigenvalue weighted by molar-refractivity contribution is -0.179. The monoisotopic (exact) mass is 465 g/mol. The molecule has 182 valence electrons. The van der Waals surface area contributed by atoms with Gasteiger partial charge in [0.15, 0.2) is 5.78 Å². The van der Waals surface area contributed by atoms with Crippen LogP contribution in [0.15, 0.2) is 48.1 Å². The summed E-state index contributed by atoms with van der Waals surface area (Å²) >= 11 is 0. The number of hydrogen-bond donors (Lipinski definition) is 3. The van der Waals surface area contributed by atoms with Crippen LogP contribution in [0.3, 0.4) is 0 Å². The Morgan fingerprint density at radius 2 is 1.94 bits per heavy atom. The molecule has 0 aromatic heterocycles. The number of ketones is 2. The number of carbonyl (C=O) groups excluding carboxylic acids is 2. The van der Waals surface area contributed by atoms with Crippen molar-refractivity contribution in [2.75, 3.05) is 12.3 Å². The summed E-state index contributed by atoms with van der Waals surface area (Å²) in [5.41, 5.74) is 4.76. The maximum absolute atomic E-state index is 13.4. The number of carbonyl (C=O) groups is 2. The molecule has 0 unspecified atom stereocenters. The number of fused-ring (bicyclic) bond motifs is 5. The first-order valence-electron chi connectivity index (χ1n) is 12.4. The van der Waals surface area contributed by atoms with E-state index < -0.39 is 17.1 Å². The van der Waals surface area contributed by atoms with Crippen LogP contribution in [0.4, 0.5) is 5.69 Å². The van der Waals surface area contributed by atoms with Gasteiger partial charge in [-0.05, 0) is 79.9 Å². The minimum absolute atomic E-state index is 0.00912. The summed E-state index contributed by atoms with van der Waals surface area (Å²) in [7, 11) is 0. The van der Waals surface area contributed by atoms with Crippen LogP contribution < -0.4 is 10.5 Å². The van der Waals surface area contributed by atoms with Gasteiger partial charge >= 0.3 is 0 Å². The molecule has 6 nitrogen and oxygen atoms in total. The molecule has 0 aliphatic heterocycles. The average molecular weight is 466 g/mol. The Balaban J connectivity index is 1.42. The van der Waals surface area contributed by atoms with Gasteiger partial charge in [-0.25, -0.2) is 0 Å². The zero-order valence-electron chi connectivity index (χ0n) is 20.2. The summed E-state index contributed by atoms with van der Waals surface area (Å²) in [6.07, 6.45) is 6.98. The second kappa shape index (κ2) is 7.79. The fourth-order valence-electron chi connectivity index (χ4n) is 8.04. The van der Waals surface area contributed by atoms with Crippen molar-refractivity contribution in [3.05, 3.63) is 48.1 Å². The Morgan fingerprint density at radius 1 is 1.24 bits per heavy atom. The topological polar surface area (TPSA) is 110 Å². The summed E-state index contributed by atoms with van der Waals surface area (Å²) in [6, 6.07) is 6.83. The van der Waals surface area contributed by atoms with Gasteiger partial charge in [0.25, 0.3) is 0 Å². The van der Waals surface area contributed by atoms with E-state index >= 15 is 0 Å². The van der Waals surface area contributed by atoms with Gasteiger partial charge in [0.1, 0.15) is 18.0 Å². The molecule has 4 aliphatic rings. The first-order chi connectivity index (χ1) is 16.0. The molecule has 4 aliphatic carbocycles. The van der Waals surface area contributed by atoms with E-state index in [0.717, 1.165) is 18.4 Å². The summed E-state index contributed by atoms with van der Waals surface area (Å²) in [6.45, 7) is 6.04. The zero-order chi connectivity index (χ0) is 24.5. The van der Waals surface area contributed by atoms with Gasteiger partial charge in [0.2, 0.25) is 5.78 Å². The van der Waals surface area contributed by atoms with Crippen molar-refractivity contribution in [2.24, 2.45) is 34.5 Å². The molecule has 0 amide bonds. The number of hydrogen-bond acceptors (Lipinski definition) is 6. The molecule has 3 saturated carbocycles. The molecule has 5 rings (SSSR count). The molecular weight excluding hydrogens is 430 g/mol. The largest absolute Gasteiger partial charge is 0.486 e. The van der Waals surface area contributed by atoms with E-state index in [1.807, 2.05) is 13.0 Å². The predicted octanol–water partition coefficient (Wildman–Crippen LogP) is 3.47. The molecule has 0 radical (unpaired) electrons. The molecule has 1 aromatic rings. The number of rotatable bonds is 4. The van der Waals surface area contributed by atoms with Crippen molar-refractivity contribution < 1.29 is 24.5 Å². The van der Waals surface area contributed by atoms with Crippen molar-refractivity contribution in [3.8, 4) is 5.75 Å². The van der Waals surface area contributed by atoms with E-state index in [9.17, 15) is 19.8 Å². The van der Waals surface area contributed by atoms with Crippen LogP contribution in [-0.4, -0.2) is 40.1 Å². The van der Waals surface area contributed by atoms with Crippen LogP contribution in [0, 0.1) is 34.5 Å². The highest BCUT2D eigenvalue weighted by Crippen LogP contribution is 2.67. The number of allylic oxidation sites excluding steroid dienone is 4. The van der Waals surface area contributed by atoms with Crippen molar-refractivity contribution in [1.29, 1.82) is 0 Å². The maximum atomic E-state index is 13.4. The highest BCUT2D eigenvalue weighted by Gasteiger charge is 2.68. The normalized spacial score (nSPS) is 42.9.